The number of thioether (sulfide) groups is 1. The third-order valence-corrected chi connectivity index (χ3v) is 4.05. The second-order valence-corrected chi connectivity index (χ2v) is 5.67. The molecule has 2 rings (SSSR count). The van der Waals surface area contributed by atoms with Crippen LogP contribution in [0, 0.1) is 11.3 Å². The zero-order valence-corrected chi connectivity index (χ0v) is 12.8. The summed E-state index contributed by atoms with van der Waals surface area (Å²) in [4.78, 5) is 13.1. The van der Waals surface area contributed by atoms with Crippen LogP contribution in [0.1, 0.15) is 18.4 Å². The lowest BCUT2D eigenvalue weighted by molar-refractivity contribution is -0.117. The Balaban J connectivity index is 1.98. The van der Waals surface area contributed by atoms with Gasteiger partial charge in [0.15, 0.2) is 0 Å². The first kappa shape index (κ1) is 15.6. The number of ether oxygens (including phenoxy) is 1. The molecule has 0 aromatic heterocycles. The molecule has 0 spiro atoms. The van der Waals surface area contributed by atoms with Crippen LogP contribution in [0.5, 0.6) is 0 Å². The maximum Gasteiger partial charge on any atom is 0.262 e. The van der Waals surface area contributed by atoms with Crippen molar-refractivity contribution in [3.63, 3.8) is 0 Å². The Bertz CT molecular complexity index is 555. The van der Waals surface area contributed by atoms with E-state index in [1.54, 1.807) is 17.8 Å². The molecule has 0 radical (unpaired) electrons. The van der Waals surface area contributed by atoms with Crippen molar-refractivity contribution < 1.29 is 9.53 Å². The number of carbonyl (C=O) groups excluding carboxylic acids is 1. The lowest BCUT2D eigenvalue weighted by Gasteiger charge is -2.10. The molecule has 1 heterocycles. The Kier molecular flexibility index (Phi) is 5.85. The average molecular weight is 302 g/mol. The highest BCUT2D eigenvalue weighted by molar-refractivity contribution is 7.98. The Morgan fingerprint density at radius 1 is 1.52 bits per heavy atom. The molecular formula is C16H18N2O2S. The summed E-state index contributed by atoms with van der Waals surface area (Å²) in [7, 11) is 0. The van der Waals surface area contributed by atoms with E-state index in [9.17, 15) is 4.79 Å². The van der Waals surface area contributed by atoms with Gasteiger partial charge in [-0.2, -0.15) is 5.26 Å². The molecule has 4 nitrogen and oxygen atoms in total. The number of nitrogens with one attached hydrogen (secondary N) is 1. The van der Waals surface area contributed by atoms with Crippen LogP contribution in [-0.2, 0) is 9.53 Å². The van der Waals surface area contributed by atoms with E-state index in [1.807, 2.05) is 36.6 Å². The molecule has 1 aliphatic heterocycles. The topological polar surface area (TPSA) is 62.1 Å². The van der Waals surface area contributed by atoms with Crippen LogP contribution in [0.3, 0.4) is 0 Å². The van der Waals surface area contributed by atoms with Crippen LogP contribution in [0.4, 0.5) is 0 Å². The molecule has 21 heavy (non-hydrogen) atoms. The lowest BCUT2D eigenvalue weighted by atomic mass is 10.1. The van der Waals surface area contributed by atoms with E-state index in [1.165, 1.54) is 0 Å². The molecular weight excluding hydrogens is 284 g/mol. The predicted molar refractivity (Wildman–Crippen MR) is 83.8 cm³/mol. The second kappa shape index (κ2) is 7.87. The largest absolute Gasteiger partial charge is 0.376 e. The van der Waals surface area contributed by atoms with Gasteiger partial charge in [-0.3, -0.25) is 4.79 Å². The smallest absolute Gasteiger partial charge is 0.262 e. The SMILES string of the molecule is CSc1ccc(/C=C(\C#N)C(=O)NC[C@H]2CCCO2)cc1. The molecule has 1 N–H and O–H groups in total. The van der Waals surface area contributed by atoms with Gasteiger partial charge >= 0.3 is 0 Å². The number of hydrogen-bond donors (Lipinski definition) is 1. The fourth-order valence-electron chi connectivity index (χ4n) is 2.12. The van der Waals surface area contributed by atoms with Gasteiger partial charge in [0.2, 0.25) is 0 Å². The molecule has 1 fully saturated rings. The number of benzene rings is 1. The first-order chi connectivity index (χ1) is 10.2. The van der Waals surface area contributed by atoms with Crippen molar-refractivity contribution in [3.8, 4) is 6.07 Å². The molecule has 5 heteroatoms. The van der Waals surface area contributed by atoms with Gasteiger partial charge < -0.3 is 10.1 Å². The number of hydrogen-bond acceptors (Lipinski definition) is 4. The molecule has 110 valence electrons. The van der Waals surface area contributed by atoms with Gasteiger partial charge in [0.25, 0.3) is 5.91 Å². The Morgan fingerprint density at radius 2 is 2.29 bits per heavy atom. The summed E-state index contributed by atoms with van der Waals surface area (Å²) in [6.07, 6.45) is 5.68. The molecule has 1 saturated heterocycles. The number of nitriles is 1. The maximum atomic E-state index is 12.0. The molecule has 1 aromatic rings. The summed E-state index contributed by atoms with van der Waals surface area (Å²) in [5, 5.41) is 11.9. The minimum absolute atomic E-state index is 0.0785. The van der Waals surface area contributed by atoms with Crippen molar-refractivity contribution in [1.29, 1.82) is 5.26 Å². The summed E-state index contributed by atoms with van der Waals surface area (Å²) in [6, 6.07) is 9.69. The van der Waals surface area contributed by atoms with Crippen molar-refractivity contribution in [2.75, 3.05) is 19.4 Å². The highest BCUT2D eigenvalue weighted by Gasteiger charge is 2.17. The van der Waals surface area contributed by atoms with E-state index in [0.717, 1.165) is 29.9 Å². The highest BCUT2D eigenvalue weighted by Crippen LogP contribution is 2.16. The standard InChI is InChI=1S/C16H18N2O2S/c1-21-15-6-4-12(5-7-15)9-13(10-17)16(19)18-11-14-3-2-8-20-14/h4-7,9,14H,2-3,8,11H2,1H3,(H,18,19)/b13-9+/t14-/m1/s1. The fraction of sp³-hybridized carbons (Fsp3) is 0.375. The fourth-order valence-corrected chi connectivity index (χ4v) is 2.53. The molecule has 1 atom stereocenters. The van der Waals surface area contributed by atoms with Crippen LogP contribution >= 0.6 is 11.8 Å². The molecule has 1 amide bonds. The normalized spacial score (nSPS) is 18.3. The average Bonchev–Trinajstić information content (AvgIpc) is 3.04. The Labute approximate surface area is 129 Å². The number of nitrogens with zero attached hydrogens (tertiary/aromatic N) is 1. The van der Waals surface area contributed by atoms with Gasteiger partial charge in [-0.05, 0) is 42.9 Å². The van der Waals surface area contributed by atoms with Gasteiger partial charge in [0.05, 0.1) is 6.10 Å². The third-order valence-electron chi connectivity index (χ3n) is 3.31. The molecule has 0 bridgehead atoms. The van der Waals surface area contributed by atoms with Crippen molar-refractivity contribution in [2.24, 2.45) is 0 Å². The zero-order valence-electron chi connectivity index (χ0n) is 12.0. The van der Waals surface area contributed by atoms with E-state index in [4.69, 9.17) is 10.00 Å². The van der Waals surface area contributed by atoms with E-state index in [-0.39, 0.29) is 17.6 Å². The van der Waals surface area contributed by atoms with E-state index in [2.05, 4.69) is 5.32 Å². The van der Waals surface area contributed by atoms with Gasteiger partial charge in [0.1, 0.15) is 11.6 Å². The summed E-state index contributed by atoms with van der Waals surface area (Å²) >= 11 is 1.65. The summed E-state index contributed by atoms with van der Waals surface area (Å²) < 4.78 is 5.44. The van der Waals surface area contributed by atoms with Gasteiger partial charge in [0, 0.05) is 18.0 Å². The summed E-state index contributed by atoms with van der Waals surface area (Å²) in [6.45, 7) is 1.21. The Morgan fingerprint density at radius 3 is 2.86 bits per heavy atom. The van der Waals surface area contributed by atoms with Crippen molar-refractivity contribution >= 4 is 23.7 Å². The van der Waals surface area contributed by atoms with Crippen molar-refractivity contribution in [3.05, 3.63) is 35.4 Å². The van der Waals surface area contributed by atoms with Crippen molar-refractivity contribution in [1.82, 2.24) is 5.32 Å². The molecule has 0 unspecified atom stereocenters. The van der Waals surface area contributed by atoms with Crippen LogP contribution < -0.4 is 5.32 Å². The molecule has 1 aromatic carbocycles. The number of amides is 1. The first-order valence-corrected chi connectivity index (χ1v) is 8.11. The number of carbonyl (C=O) groups is 1. The molecule has 1 aliphatic rings. The van der Waals surface area contributed by atoms with E-state index in [0.29, 0.717) is 6.54 Å². The summed E-state index contributed by atoms with van der Waals surface area (Å²) in [5.74, 6) is -0.345. The second-order valence-electron chi connectivity index (χ2n) is 4.79. The van der Waals surface area contributed by atoms with Crippen LogP contribution in [0.15, 0.2) is 34.7 Å². The third kappa shape index (κ3) is 4.62. The predicted octanol–water partition coefficient (Wildman–Crippen LogP) is 2.61. The number of rotatable bonds is 5. The lowest BCUT2D eigenvalue weighted by Crippen LogP contribution is -2.32. The zero-order chi connectivity index (χ0) is 15.1. The van der Waals surface area contributed by atoms with Crippen LogP contribution in [-0.4, -0.2) is 31.4 Å². The Hall–Kier alpha value is -1.77. The molecule has 0 aliphatic carbocycles. The van der Waals surface area contributed by atoms with Gasteiger partial charge in [-0.15, -0.1) is 11.8 Å². The maximum absolute atomic E-state index is 12.0. The quantitative estimate of drug-likeness (QED) is 0.516. The monoisotopic (exact) mass is 302 g/mol. The van der Waals surface area contributed by atoms with Crippen LogP contribution in [0.25, 0.3) is 6.08 Å². The summed E-state index contributed by atoms with van der Waals surface area (Å²) in [5.41, 5.74) is 0.960. The minimum atomic E-state index is -0.345. The van der Waals surface area contributed by atoms with Gasteiger partial charge in [-0.1, -0.05) is 12.1 Å². The van der Waals surface area contributed by atoms with Crippen molar-refractivity contribution in [2.45, 2.75) is 23.8 Å². The molecule has 0 saturated carbocycles. The highest BCUT2D eigenvalue weighted by atomic mass is 32.2. The minimum Gasteiger partial charge on any atom is -0.376 e. The van der Waals surface area contributed by atoms with E-state index >= 15 is 0 Å². The van der Waals surface area contributed by atoms with E-state index < -0.39 is 0 Å². The van der Waals surface area contributed by atoms with Gasteiger partial charge in [-0.25, -0.2) is 0 Å². The first-order valence-electron chi connectivity index (χ1n) is 6.88. The van der Waals surface area contributed by atoms with Crippen LogP contribution in [0.2, 0.25) is 0 Å².